The van der Waals surface area contributed by atoms with Crippen molar-refractivity contribution in [3.05, 3.63) is 24.5 Å². The number of hydrogen-bond donors (Lipinski definition) is 1. The molecular formula is C10H15NO2. The lowest BCUT2D eigenvalue weighted by molar-refractivity contribution is -0.141. The van der Waals surface area contributed by atoms with E-state index in [4.69, 9.17) is 5.11 Å². The van der Waals surface area contributed by atoms with Crippen molar-refractivity contribution in [1.29, 1.82) is 0 Å². The van der Waals surface area contributed by atoms with Crippen LogP contribution in [-0.2, 0) is 11.3 Å². The highest BCUT2D eigenvalue weighted by molar-refractivity contribution is 5.69. The zero-order chi connectivity index (χ0) is 9.68. The molecule has 1 aromatic rings. The van der Waals surface area contributed by atoms with Crippen LogP contribution in [0.5, 0.6) is 0 Å². The number of rotatable bonds is 5. The first-order valence-corrected chi connectivity index (χ1v) is 4.53. The molecule has 0 aromatic carbocycles. The molecule has 0 amide bonds. The topological polar surface area (TPSA) is 42.2 Å². The fourth-order valence-corrected chi connectivity index (χ4v) is 1.22. The first-order valence-electron chi connectivity index (χ1n) is 4.53. The molecule has 0 saturated heterocycles. The number of nitrogens with zero attached hydrogens (tertiary/aromatic N) is 1. The fraction of sp³-hybridized carbons (Fsp3) is 0.500. The van der Waals surface area contributed by atoms with E-state index in [1.165, 1.54) is 0 Å². The van der Waals surface area contributed by atoms with Crippen LogP contribution in [-0.4, -0.2) is 15.6 Å². The molecule has 3 nitrogen and oxygen atoms in total. The van der Waals surface area contributed by atoms with Crippen molar-refractivity contribution in [1.82, 2.24) is 4.57 Å². The average molecular weight is 181 g/mol. The number of aromatic nitrogens is 1. The molecule has 1 aromatic heterocycles. The molecule has 0 aliphatic heterocycles. The first-order chi connectivity index (χ1) is 6.20. The molecule has 0 aliphatic carbocycles. The number of aryl methyl sites for hydroxylation is 1. The Balaban J connectivity index is 2.18. The van der Waals surface area contributed by atoms with Gasteiger partial charge in [0.25, 0.3) is 0 Å². The Morgan fingerprint density at radius 1 is 1.46 bits per heavy atom. The van der Waals surface area contributed by atoms with Crippen molar-refractivity contribution in [3.8, 4) is 0 Å². The second kappa shape index (κ2) is 4.70. The van der Waals surface area contributed by atoms with E-state index in [1.807, 2.05) is 24.5 Å². The van der Waals surface area contributed by atoms with E-state index in [2.05, 4.69) is 4.57 Å². The summed E-state index contributed by atoms with van der Waals surface area (Å²) in [7, 11) is 0. The first kappa shape index (κ1) is 9.84. The lowest BCUT2D eigenvalue weighted by Crippen LogP contribution is -2.10. The number of carboxylic acid groups (broad SMARTS) is 1. The highest BCUT2D eigenvalue weighted by atomic mass is 16.4. The molecule has 1 unspecified atom stereocenters. The predicted octanol–water partition coefficient (Wildman–Crippen LogP) is 1.99. The van der Waals surface area contributed by atoms with Crippen molar-refractivity contribution in [2.24, 2.45) is 5.92 Å². The molecule has 0 aliphatic rings. The predicted molar refractivity (Wildman–Crippen MR) is 50.5 cm³/mol. The smallest absolute Gasteiger partial charge is 0.306 e. The standard InChI is InChI=1S/C10H15NO2/c1-9(10(12)13)5-4-8-11-6-2-3-7-11/h2-3,6-7,9H,4-5,8H2,1H3,(H,12,13). The van der Waals surface area contributed by atoms with Crippen LogP contribution in [0.15, 0.2) is 24.5 Å². The zero-order valence-corrected chi connectivity index (χ0v) is 7.81. The van der Waals surface area contributed by atoms with E-state index in [0.717, 1.165) is 19.4 Å². The van der Waals surface area contributed by atoms with E-state index < -0.39 is 5.97 Å². The highest BCUT2D eigenvalue weighted by Gasteiger charge is 2.09. The van der Waals surface area contributed by atoms with E-state index in [9.17, 15) is 4.79 Å². The fourth-order valence-electron chi connectivity index (χ4n) is 1.22. The van der Waals surface area contributed by atoms with Crippen LogP contribution < -0.4 is 0 Å². The SMILES string of the molecule is CC(CCCn1cccc1)C(=O)O. The zero-order valence-electron chi connectivity index (χ0n) is 7.81. The summed E-state index contributed by atoms with van der Waals surface area (Å²) in [6.45, 7) is 2.66. The van der Waals surface area contributed by atoms with Gasteiger partial charge in [-0.3, -0.25) is 4.79 Å². The van der Waals surface area contributed by atoms with Gasteiger partial charge in [0.2, 0.25) is 0 Å². The van der Waals surface area contributed by atoms with Crippen molar-refractivity contribution < 1.29 is 9.90 Å². The van der Waals surface area contributed by atoms with Crippen LogP contribution in [0.1, 0.15) is 19.8 Å². The molecule has 0 fully saturated rings. The Morgan fingerprint density at radius 2 is 2.08 bits per heavy atom. The van der Waals surface area contributed by atoms with Gasteiger partial charge in [-0.15, -0.1) is 0 Å². The molecule has 1 rings (SSSR count). The van der Waals surface area contributed by atoms with Crippen LogP contribution in [0.25, 0.3) is 0 Å². The third-order valence-corrected chi connectivity index (χ3v) is 2.14. The summed E-state index contributed by atoms with van der Waals surface area (Å²) in [5, 5.41) is 8.63. The van der Waals surface area contributed by atoms with Gasteiger partial charge in [0.05, 0.1) is 5.92 Å². The maximum absolute atomic E-state index is 10.5. The average Bonchev–Trinajstić information content (AvgIpc) is 2.56. The maximum atomic E-state index is 10.5. The summed E-state index contributed by atoms with van der Waals surface area (Å²) < 4.78 is 2.06. The minimum absolute atomic E-state index is 0.226. The van der Waals surface area contributed by atoms with Crippen LogP contribution in [0.4, 0.5) is 0 Å². The maximum Gasteiger partial charge on any atom is 0.306 e. The summed E-state index contributed by atoms with van der Waals surface area (Å²) in [5.74, 6) is -0.928. The Hall–Kier alpha value is -1.25. The van der Waals surface area contributed by atoms with Gasteiger partial charge in [0.15, 0.2) is 0 Å². The minimum atomic E-state index is -0.701. The van der Waals surface area contributed by atoms with Crippen LogP contribution >= 0.6 is 0 Å². The Bertz CT molecular complexity index is 254. The van der Waals surface area contributed by atoms with Crippen molar-refractivity contribution in [3.63, 3.8) is 0 Å². The molecule has 72 valence electrons. The van der Waals surface area contributed by atoms with Crippen LogP contribution in [0.3, 0.4) is 0 Å². The normalized spacial score (nSPS) is 12.7. The molecule has 3 heteroatoms. The summed E-state index contributed by atoms with van der Waals surface area (Å²) >= 11 is 0. The molecule has 1 N–H and O–H groups in total. The van der Waals surface area contributed by atoms with Gasteiger partial charge in [-0.05, 0) is 25.0 Å². The van der Waals surface area contributed by atoms with Crippen molar-refractivity contribution in [2.45, 2.75) is 26.3 Å². The lowest BCUT2D eigenvalue weighted by Gasteiger charge is -2.06. The summed E-state index contributed by atoms with van der Waals surface area (Å²) in [6.07, 6.45) is 5.65. The summed E-state index contributed by atoms with van der Waals surface area (Å²) in [5.41, 5.74) is 0. The van der Waals surface area contributed by atoms with Gasteiger partial charge >= 0.3 is 5.97 Å². The van der Waals surface area contributed by atoms with Crippen LogP contribution in [0.2, 0.25) is 0 Å². The van der Waals surface area contributed by atoms with E-state index in [1.54, 1.807) is 6.92 Å². The van der Waals surface area contributed by atoms with E-state index in [0.29, 0.717) is 0 Å². The second-order valence-corrected chi connectivity index (χ2v) is 3.30. The summed E-state index contributed by atoms with van der Waals surface area (Å²) in [6, 6.07) is 3.95. The molecule has 0 saturated carbocycles. The van der Waals surface area contributed by atoms with Crippen molar-refractivity contribution in [2.75, 3.05) is 0 Å². The third-order valence-electron chi connectivity index (χ3n) is 2.14. The van der Waals surface area contributed by atoms with E-state index in [-0.39, 0.29) is 5.92 Å². The number of hydrogen-bond acceptors (Lipinski definition) is 1. The van der Waals surface area contributed by atoms with Gasteiger partial charge in [-0.25, -0.2) is 0 Å². The Kier molecular flexibility index (Phi) is 3.55. The number of carbonyl (C=O) groups is 1. The number of aliphatic carboxylic acids is 1. The Labute approximate surface area is 78.0 Å². The molecule has 0 spiro atoms. The van der Waals surface area contributed by atoms with Gasteiger partial charge in [0, 0.05) is 18.9 Å². The van der Waals surface area contributed by atoms with E-state index >= 15 is 0 Å². The second-order valence-electron chi connectivity index (χ2n) is 3.30. The van der Waals surface area contributed by atoms with Gasteiger partial charge in [0.1, 0.15) is 0 Å². The molecule has 0 radical (unpaired) electrons. The highest BCUT2D eigenvalue weighted by Crippen LogP contribution is 2.06. The molecule has 0 bridgehead atoms. The molecule has 1 atom stereocenters. The lowest BCUT2D eigenvalue weighted by atomic mass is 10.1. The van der Waals surface area contributed by atoms with Gasteiger partial charge < -0.3 is 9.67 Å². The summed E-state index contributed by atoms with van der Waals surface area (Å²) in [4.78, 5) is 10.5. The van der Waals surface area contributed by atoms with Crippen LogP contribution in [0, 0.1) is 5.92 Å². The third kappa shape index (κ3) is 3.32. The molecule has 13 heavy (non-hydrogen) atoms. The molecule has 1 heterocycles. The largest absolute Gasteiger partial charge is 0.481 e. The van der Waals surface area contributed by atoms with Gasteiger partial charge in [-0.2, -0.15) is 0 Å². The minimum Gasteiger partial charge on any atom is -0.481 e. The Morgan fingerprint density at radius 3 is 2.62 bits per heavy atom. The van der Waals surface area contributed by atoms with Gasteiger partial charge in [-0.1, -0.05) is 6.92 Å². The number of carboxylic acids is 1. The monoisotopic (exact) mass is 181 g/mol. The van der Waals surface area contributed by atoms with Crippen molar-refractivity contribution >= 4 is 5.97 Å². The quantitative estimate of drug-likeness (QED) is 0.754. The molecular weight excluding hydrogens is 166 g/mol.